The van der Waals surface area contributed by atoms with Crippen molar-refractivity contribution < 1.29 is 18.7 Å². The van der Waals surface area contributed by atoms with Gasteiger partial charge in [-0.3, -0.25) is 4.79 Å². The molecule has 2 amide bonds. The van der Waals surface area contributed by atoms with Crippen LogP contribution in [-0.4, -0.2) is 35.3 Å². The molecule has 2 N–H and O–H groups in total. The van der Waals surface area contributed by atoms with E-state index in [2.05, 4.69) is 10.6 Å². The van der Waals surface area contributed by atoms with Crippen molar-refractivity contribution in [2.75, 3.05) is 6.54 Å². The Bertz CT molecular complexity index is 314. The van der Waals surface area contributed by atoms with Crippen LogP contribution in [0.1, 0.15) is 34.6 Å². The topological polar surface area (TPSA) is 67.4 Å². The highest BCUT2D eigenvalue weighted by Crippen LogP contribution is 2.08. The second kappa shape index (κ2) is 6.22. The highest BCUT2D eigenvalue weighted by atomic mass is 35.5. The number of carbonyl (C=O) groups excluding carboxylic acids is 2. The summed E-state index contributed by atoms with van der Waals surface area (Å²) in [6.07, 6.45) is -0.604. The number of alkyl halides is 2. The molecule has 106 valence electrons. The predicted molar refractivity (Wildman–Crippen MR) is 67.2 cm³/mol. The van der Waals surface area contributed by atoms with Crippen LogP contribution in [0, 0.1) is 0 Å². The summed E-state index contributed by atoms with van der Waals surface area (Å²) in [5.41, 5.74) is -3.53. The van der Waals surface area contributed by atoms with Gasteiger partial charge >= 0.3 is 6.09 Å². The van der Waals surface area contributed by atoms with Gasteiger partial charge in [-0.15, -0.1) is 0 Å². The maximum atomic E-state index is 12.5. The van der Waals surface area contributed by atoms with Crippen LogP contribution in [0.5, 0.6) is 0 Å². The standard InChI is InChI=1S/C11H20ClFN2O3/c1-10(2,3)18-9(17)14-6-11(4,5)15-8(16)7(12)13/h7H,6H2,1-5H3,(H,14,17)(H,15,16). The third kappa shape index (κ3) is 8.11. The van der Waals surface area contributed by atoms with Crippen LogP contribution in [0.3, 0.4) is 0 Å². The van der Waals surface area contributed by atoms with Gasteiger partial charge in [-0.05, 0) is 34.6 Å². The van der Waals surface area contributed by atoms with Crippen LogP contribution in [0.2, 0.25) is 0 Å². The number of hydrogen-bond acceptors (Lipinski definition) is 3. The predicted octanol–water partition coefficient (Wildman–Crippen LogP) is 1.94. The fourth-order valence-corrected chi connectivity index (χ4v) is 1.09. The molecule has 0 aliphatic rings. The maximum Gasteiger partial charge on any atom is 0.407 e. The molecule has 0 aliphatic carbocycles. The molecule has 1 unspecified atom stereocenters. The number of hydrogen-bond donors (Lipinski definition) is 2. The first-order valence-corrected chi connectivity index (χ1v) is 5.94. The van der Waals surface area contributed by atoms with Crippen molar-refractivity contribution in [3.8, 4) is 0 Å². The molecule has 0 bridgehead atoms. The number of ether oxygens (including phenoxy) is 1. The van der Waals surface area contributed by atoms with E-state index in [1.54, 1.807) is 34.6 Å². The number of nitrogens with one attached hydrogen (secondary N) is 2. The Morgan fingerprint density at radius 2 is 1.78 bits per heavy atom. The molecule has 0 aromatic carbocycles. The van der Waals surface area contributed by atoms with Crippen molar-refractivity contribution in [2.24, 2.45) is 0 Å². The highest BCUT2D eigenvalue weighted by molar-refractivity contribution is 6.29. The molecule has 0 rings (SSSR count). The van der Waals surface area contributed by atoms with Gasteiger partial charge in [0.25, 0.3) is 11.5 Å². The van der Waals surface area contributed by atoms with Gasteiger partial charge in [0.1, 0.15) is 5.60 Å². The Morgan fingerprint density at radius 3 is 2.17 bits per heavy atom. The number of rotatable bonds is 4. The summed E-state index contributed by atoms with van der Waals surface area (Å²) in [5.74, 6) is -0.937. The molecule has 0 aromatic heterocycles. The lowest BCUT2D eigenvalue weighted by Crippen LogP contribution is -2.53. The second-order valence-electron chi connectivity index (χ2n) is 5.53. The largest absolute Gasteiger partial charge is 0.444 e. The molecular formula is C11H20ClFN2O3. The molecule has 0 saturated carbocycles. The van der Waals surface area contributed by atoms with Gasteiger partial charge < -0.3 is 15.4 Å². The molecule has 0 aromatic rings. The Balaban J connectivity index is 4.19. The third-order valence-electron chi connectivity index (χ3n) is 1.73. The molecule has 0 aliphatic heterocycles. The summed E-state index contributed by atoms with van der Waals surface area (Å²) in [5, 5.41) is 4.84. The summed E-state index contributed by atoms with van der Waals surface area (Å²) in [6, 6.07) is 0. The van der Waals surface area contributed by atoms with E-state index in [1.165, 1.54) is 0 Å². The van der Waals surface area contributed by atoms with Gasteiger partial charge in [0.05, 0.1) is 5.54 Å². The minimum Gasteiger partial charge on any atom is -0.444 e. The van der Waals surface area contributed by atoms with E-state index in [0.29, 0.717) is 0 Å². The maximum absolute atomic E-state index is 12.5. The van der Waals surface area contributed by atoms with Crippen LogP contribution >= 0.6 is 11.6 Å². The molecule has 18 heavy (non-hydrogen) atoms. The monoisotopic (exact) mass is 282 g/mol. The molecule has 1 atom stereocenters. The molecule has 5 nitrogen and oxygen atoms in total. The molecule has 0 saturated heterocycles. The Labute approximate surface area is 111 Å². The summed E-state index contributed by atoms with van der Waals surface area (Å²) < 4.78 is 17.5. The minimum atomic E-state index is -2.11. The van der Waals surface area contributed by atoms with Crippen molar-refractivity contribution in [3.63, 3.8) is 0 Å². The van der Waals surface area contributed by atoms with Crippen molar-refractivity contribution in [1.29, 1.82) is 0 Å². The van der Waals surface area contributed by atoms with Crippen molar-refractivity contribution in [1.82, 2.24) is 10.6 Å². The first-order chi connectivity index (χ1) is 7.93. The van der Waals surface area contributed by atoms with Gasteiger partial charge in [0, 0.05) is 6.54 Å². The van der Waals surface area contributed by atoms with Crippen LogP contribution in [0.25, 0.3) is 0 Å². The Hall–Kier alpha value is -1.04. The number of alkyl carbamates (subject to hydrolysis) is 1. The molecule has 0 fully saturated rings. The smallest absolute Gasteiger partial charge is 0.407 e. The zero-order valence-corrected chi connectivity index (χ0v) is 12.0. The second-order valence-corrected chi connectivity index (χ2v) is 5.91. The van der Waals surface area contributed by atoms with Crippen molar-refractivity contribution in [3.05, 3.63) is 0 Å². The van der Waals surface area contributed by atoms with E-state index in [1.807, 2.05) is 0 Å². The van der Waals surface area contributed by atoms with E-state index < -0.39 is 28.8 Å². The number of amides is 2. The van der Waals surface area contributed by atoms with Crippen LogP contribution < -0.4 is 10.6 Å². The van der Waals surface area contributed by atoms with Crippen LogP contribution in [-0.2, 0) is 9.53 Å². The van der Waals surface area contributed by atoms with Gasteiger partial charge in [0.2, 0.25) is 0 Å². The summed E-state index contributed by atoms with van der Waals surface area (Å²) in [7, 11) is 0. The summed E-state index contributed by atoms with van der Waals surface area (Å²) >= 11 is 4.99. The van der Waals surface area contributed by atoms with Gasteiger partial charge in [-0.1, -0.05) is 11.6 Å². The lowest BCUT2D eigenvalue weighted by molar-refractivity contribution is -0.124. The molecular weight excluding hydrogens is 263 g/mol. The summed E-state index contributed by atoms with van der Waals surface area (Å²) in [6.45, 7) is 8.56. The van der Waals surface area contributed by atoms with Crippen LogP contribution in [0.15, 0.2) is 0 Å². The quantitative estimate of drug-likeness (QED) is 0.775. The summed E-state index contributed by atoms with van der Waals surface area (Å²) in [4.78, 5) is 22.4. The van der Waals surface area contributed by atoms with Gasteiger partial charge in [-0.2, -0.15) is 0 Å². The lowest BCUT2D eigenvalue weighted by Gasteiger charge is -2.27. The average molecular weight is 283 g/mol. The molecule has 7 heteroatoms. The first-order valence-electron chi connectivity index (χ1n) is 5.50. The van der Waals surface area contributed by atoms with Crippen LogP contribution in [0.4, 0.5) is 9.18 Å². The zero-order chi connectivity index (χ0) is 14.6. The van der Waals surface area contributed by atoms with E-state index in [-0.39, 0.29) is 6.54 Å². The van der Waals surface area contributed by atoms with E-state index in [4.69, 9.17) is 16.3 Å². The van der Waals surface area contributed by atoms with Gasteiger partial charge in [0.15, 0.2) is 0 Å². The number of carbonyl (C=O) groups is 2. The Morgan fingerprint density at radius 1 is 1.28 bits per heavy atom. The number of halogens is 2. The van der Waals surface area contributed by atoms with Crippen molar-refractivity contribution in [2.45, 2.75) is 51.4 Å². The normalized spacial score (nSPS) is 13.7. The zero-order valence-electron chi connectivity index (χ0n) is 11.3. The SMILES string of the molecule is CC(C)(CNC(=O)OC(C)(C)C)NC(=O)C(F)Cl. The van der Waals surface area contributed by atoms with Crippen molar-refractivity contribution >= 4 is 23.6 Å². The van der Waals surface area contributed by atoms with Gasteiger partial charge in [-0.25, -0.2) is 9.18 Å². The van der Waals surface area contributed by atoms with E-state index in [0.717, 1.165) is 0 Å². The molecule has 0 radical (unpaired) electrons. The highest BCUT2D eigenvalue weighted by Gasteiger charge is 2.26. The lowest BCUT2D eigenvalue weighted by atomic mass is 10.1. The fraction of sp³-hybridized carbons (Fsp3) is 0.818. The third-order valence-corrected chi connectivity index (χ3v) is 1.93. The van der Waals surface area contributed by atoms with E-state index >= 15 is 0 Å². The van der Waals surface area contributed by atoms with E-state index in [9.17, 15) is 14.0 Å². The fourth-order valence-electron chi connectivity index (χ4n) is 1.04. The minimum absolute atomic E-state index is 0.0945. The first kappa shape index (κ1) is 17.0. The molecule has 0 spiro atoms. The molecule has 0 heterocycles. The average Bonchev–Trinajstić information content (AvgIpc) is 2.11. The Kier molecular flexibility index (Phi) is 5.86.